The van der Waals surface area contributed by atoms with Gasteiger partial charge in [0.25, 0.3) is 11.6 Å². The molecule has 0 radical (unpaired) electrons. The first-order valence-electron chi connectivity index (χ1n) is 8.37. The highest BCUT2D eigenvalue weighted by Crippen LogP contribution is 2.30. The number of benzene rings is 2. The van der Waals surface area contributed by atoms with Gasteiger partial charge < -0.3 is 16.0 Å². The Bertz CT molecular complexity index is 1000. The molecule has 28 heavy (non-hydrogen) atoms. The Morgan fingerprint density at radius 3 is 2.54 bits per heavy atom. The molecule has 0 bridgehead atoms. The summed E-state index contributed by atoms with van der Waals surface area (Å²) in [6.45, 7) is 3.57. The van der Waals surface area contributed by atoms with Crippen molar-refractivity contribution in [1.82, 2.24) is 10.6 Å². The van der Waals surface area contributed by atoms with E-state index in [0.29, 0.717) is 32.7 Å². The summed E-state index contributed by atoms with van der Waals surface area (Å²) in [7, 11) is 0. The lowest BCUT2D eigenvalue weighted by molar-refractivity contribution is -0.384. The van der Waals surface area contributed by atoms with Crippen molar-refractivity contribution in [1.29, 1.82) is 0 Å². The lowest BCUT2D eigenvalue weighted by atomic mass is 9.94. The van der Waals surface area contributed by atoms with Gasteiger partial charge >= 0.3 is 0 Å². The summed E-state index contributed by atoms with van der Waals surface area (Å²) in [5.41, 5.74) is 3.05. The fraction of sp³-hybridized carbons (Fsp3) is 0.158. The first kappa shape index (κ1) is 19.8. The van der Waals surface area contributed by atoms with E-state index in [2.05, 4.69) is 16.0 Å². The van der Waals surface area contributed by atoms with Crippen molar-refractivity contribution in [2.45, 2.75) is 19.9 Å². The smallest absolute Gasteiger partial charge is 0.269 e. The van der Waals surface area contributed by atoms with Gasteiger partial charge in [-0.05, 0) is 61.5 Å². The molecule has 144 valence electrons. The number of anilines is 1. The molecule has 1 amide bonds. The minimum absolute atomic E-state index is 0.0264. The van der Waals surface area contributed by atoms with Gasteiger partial charge in [-0.2, -0.15) is 0 Å². The molecule has 1 heterocycles. The molecule has 2 aromatic carbocycles. The Morgan fingerprint density at radius 2 is 1.89 bits per heavy atom. The van der Waals surface area contributed by atoms with Crippen molar-refractivity contribution < 1.29 is 9.72 Å². The van der Waals surface area contributed by atoms with Gasteiger partial charge in [0.15, 0.2) is 5.11 Å². The summed E-state index contributed by atoms with van der Waals surface area (Å²) in [4.78, 5) is 23.5. The van der Waals surface area contributed by atoms with Crippen LogP contribution in [-0.4, -0.2) is 15.9 Å². The predicted octanol–water partition coefficient (Wildman–Crippen LogP) is 3.99. The van der Waals surface area contributed by atoms with Crippen LogP contribution in [0, 0.1) is 17.0 Å². The highest BCUT2D eigenvalue weighted by atomic mass is 35.5. The summed E-state index contributed by atoms with van der Waals surface area (Å²) >= 11 is 11.4. The quantitative estimate of drug-likeness (QED) is 0.396. The van der Waals surface area contributed by atoms with E-state index in [1.54, 1.807) is 37.3 Å². The maximum absolute atomic E-state index is 13.1. The topological polar surface area (TPSA) is 96.3 Å². The van der Waals surface area contributed by atoms with Crippen LogP contribution in [0.4, 0.5) is 11.4 Å². The Kier molecular flexibility index (Phi) is 5.62. The first-order chi connectivity index (χ1) is 13.3. The molecule has 0 spiro atoms. The average Bonchev–Trinajstić information content (AvgIpc) is 2.64. The predicted molar refractivity (Wildman–Crippen MR) is 112 cm³/mol. The van der Waals surface area contributed by atoms with Crippen molar-refractivity contribution in [3.63, 3.8) is 0 Å². The van der Waals surface area contributed by atoms with E-state index in [0.717, 1.165) is 5.56 Å². The molecule has 1 aliphatic rings. The average molecular weight is 417 g/mol. The van der Waals surface area contributed by atoms with E-state index < -0.39 is 11.0 Å². The molecule has 1 unspecified atom stereocenters. The van der Waals surface area contributed by atoms with E-state index in [-0.39, 0.29) is 11.6 Å². The van der Waals surface area contributed by atoms with E-state index in [9.17, 15) is 14.9 Å². The third-order valence-corrected chi connectivity index (χ3v) is 5.10. The number of carbonyl (C=O) groups excluding carboxylic acids is 1. The van der Waals surface area contributed by atoms with Crippen LogP contribution < -0.4 is 16.0 Å². The summed E-state index contributed by atoms with van der Waals surface area (Å²) < 4.78 is 0. The van der Waals surface area contributed by atoms with E-state index in [1.807, 2.05) is 6.92 Å². The second-order valence-electron chi connectivity index (χ2n) is 6.29. The second kappa shape index (κ2) is 7.95. The Labute approximate surface area is 171 Å². The first-order valence-corrected chi connectivity index (χ1v) is 9.15. The molecule has 1 aliphatic heterocycles. The zero-order valence-corrected chi connectivity index (χ0v) is 16.6. The molecular weight excluding hydrogens is 400 g/mol. The Balaban J connectivity index is 1.96. The molecule has 0 saturated carbocycles. The second-order valence-corrected chi connectivity index (χ2v) is 7.10. The van der Waals surface area contributed by atoms with Gasteiger partial charge in [0.05, 0.1) is 16.5 Å². The molecule has 0 aliphatic carbocycles. The lowest BCUT2D eigenvalue weighted by Crippen LogP contribution is -2.45. The van der Waals surface area contributed by atoms with Crippen molar-refractivity contribution in [2.24, 2.45) is 0 Å². The number of nitro groups is 1. The van der Waals surface area contributed by atoms with Gasteiger partial charge in [0.2, 0.25) is 0 Å². The third-order valence-electron chi connectivity index (χ3n) is 4.47. The molecule has 9 heteroatoms. The van der Waals surface area contributed by atoms with Crippen LogP contribution in [0.15, 0.2) is 53.7 Å². The molecule has 0 aromatic heterocycles. The number of thiocarbonyl (C=S) groups is 1. The third kappa shape index (κ3) is 3.97. The Hall–Kier alpha value is -2.97. The monoisotopic (exact) mass is 416 g/mol. The minimum Gasteiger partial charge on any atom is -0.351 e. The standard InChI is InChI=1S/C19H17ClN4O3S/c1-10-14(20)4-3-5-15(10)22-18(25)16-11(2)21-19(28)23-17(16)12-6-8-13(9-7-12)24(26)27/h3-9,17H,1-2H3,(H,22,25)(H2,21,23,28). The van der Waals surface area contributed by atoms with E-state index >= 15 is 0 Å². The summed E-state index contributed by atoms with van der Waals surface area (Å²) in [6.07, 6.45) is 0. The number of nitrogens with one attached hydrogen (secondary N) is 3. The fourth-order valence-corrected chi connectivity index (χ4v) is 3.41. The largest absolute Gasteiger partial charge is 0.351 e. The molecule has 3 rings (SSSR count). The molecule has 7 nitrogen and oxygen atoms in total. The molecule has 0 saturated heterocycles. The van der Waals surface area contributed by atoms with Crippen LogP contribution >= 0.6 is 23.8 Å². The summed E-state index contributed by atoms with van der Waals surface area (Å²) in [5.74, 6) is -0.325. The number of nitro benzene ring substituents is 1. The van der Waals surface area contributed by atoms with Gasteiger partial charge in [-0.25, -0.2) is 0 Å². The molecule has 2 aromatic rings. The summed E-state index contributed by atoms with van der Waals surface area (Å²) in [5, 5.41) is 20.7. The number of non-ortho nitro benzene ring substituents is 1. The number of carbonyl (C=O) groups is 1. The van der Waals surface area contributed by atoms with Crippen molar-refractivity contribution in [3.05, 3.63) is 80.0 Å². The molecule has 0 fully saturated rings. The summed E-state index contributed by atoms with van der Waals surface area (Å²) in [6, 6.07) is 10.7. The number of hydrogen-bond acceptors (Lipinski definition) is 4. The Morgan fingerprint density at radius 1 is 1.21 bits per heavy atom. The molecular formula is C19H17ClN4O3S. The zero-order chi connectivity index (χ0) is 20.4. The highest BCUT2D eigenvalue weighted by Gasteiger charge is 2.30. The maximum Gasteiger partial charge on any atom is 0.269 e. The van der Waals surface area contributed by atoms with Gasteiger partial charge in [-0.3, -0.25) is 14.9 Å². The number of allylic oxidation sites excluding steroid dienone is 1. The van der Waals surface area contributed by atoms with Crippen LogP contribution in [0.5, 0.6) is 0 Å². The number of nitrogens with zero attached hydrogens (tertiary/aromatic N) is 1. The number of hydrogen-bond donors (Lipinski definition) is 3. The highest BCUT2D eigenvalue weighted by molar-refractivity contribution is 7.80. The minimum atomic E-state index is -0.547. The normalized spacial score (nSPS) is 16.2. The van der Waals surface area contributed by atoms with Gasteiger partial charge in [0, 0.05) is 28.5 Å². The number of amides is 1. The fourth-order valence-electron chi connectivity index (χ4n) is 2.97. The number of rotatable bonds is 4. The van der Waals surface area contributed by atoms with Crippen LogP contribution in [0.25, 0.3) is 0 Å². The van der Waals surface area contributed by atoms with Crippen LogP contribution in [0.3, 0.4) is 0 Å². The molecule has 1 atom stereocenters. The SMILES string of the molecule is CC1=C(C(=O)Nc2cccc(Cl)c2C)C(c2ccc([N+](=O)[O-])cc2)NC(=S)N1. The van der Waals surface area contributed by atoms with Gasteiger partial charge in [-0.15, -0.1) is 0 Å². The van der Waals surface area contributed by atoms with Crippen molar-refractivity contribution in [3.8, 4) is 0 Å². The van der Waals surface area contributed by atoms with Gasteiger partial charge in [-0.1, -0.05) is 17.7 Å². The van der Waals surface area contributed by atoms with Gasteiger partial charge in [0.1, 0.15) is 0 Å². The maximum atomic E-state index is 13.1. The van der Waals surface area contributed by atoms with E-state index in [4.69, 9.17) is 23.8 Å². The van der Waals surface area contributed by atoms with Crippen LogP contribution in [0.1, 0.15) is 24.1 Å². The van der Waals surface area contributed by atoms with Crippen LogP contribution in [0.2, 0.25) is 5.02 Å². The van der Waals surface area contributed by atoms with Crippen molar-refractivity contribution >= 4 is 46.2 Å². The zero-order valence-electron chi connectivity index (χ0n) is 15.1. The van der Waals surface area contributed by atoms with Crippen LogP contribution in [-0.2, 0) is 4.79 Å². The molecule has 3 N–H and O–H groups in total. The lowest BCUT2D eigenvalue weighted by Gasteiger charge is -2.30. The number of halogens is 1. The van der Waals surface area contributed by atoms with Crippen molar-refractivity contribution in [2.75, 3.05) is 5.32 Å². The van der Waals surface area contributed by atoms with E-state index in [1.165, 1.54) is 12.1 Å².